The van der Waals surface area contributed by atoms with Crippen LogP contribution in [0.25, 0.3) is 0 Å². The molecule has 0 heterocycles. The van der Waals surface area contributed by atoms with E-state index in [0.717, 1.165) is 31.1 Å². The normalized spacial score (nSPS) is 13.5. The van der Waals surface area contributed by atoms with E-state index in [1.165, 1.54) is 19.3 Å². The lowest BCUT2D eigenvalue weighted by Gasteiger charge is -2.24. The molecule has 2 rings (SSSR count). The second-order valence-electron chi connectivity index (χ2n) is 8.30. The molecule has 36 heavy (non-hydrogen) atoms. The Morgan fingerprint density at radius 2 is 1.89 bits per heavy atom. The highest BCUT2D eigenvalue weighted by molar-refractivity contribution is 5.65. The Bertz CT molecular complexity index is 1110. The number of rotatable bonds is 12. The maximum Gasteiger partial charge on any atom is 0.416 e. The molecule has 0 aliphatic heterocycles. The fourth-order valence-corrected chi connectivity index (χ4v) is 3.94. The zero-order valence-corrected chi connectivity index (χ0v) is 20.8. The smallest absolute Gasteiger partial charge is 0.416 e. The van der Waals surface area contributed by atoms with Crippen molar-refractivity contribution in [1.29, 1.82) is 0 Å². The van der Waals surface area contributed by atoms with Crippen LogP contribution in [0.2, 0.25) is 0 Å². The molecule has 8 heteroatoms. The van der Waals surface area contributed by atoms with Gasteiger partial charge >= 0.3 is 6.18 Å². The number of nitrogens with two attached hydrogens (primary N) is 1. The monoisotopic (exact) mass is 508 g/mol. The molecule has 0 aromatic heterocycles. The number of hydrogen-bond acceptors (Lipinski definition) is 3. The molecule has 0 bridgehead atoms. The molecule has 2 aromatic carbocycles. The van der Waals surface area contributed by atoms with Crippen molar-refractivity contribution in [2.24, 2.45) is 5.73 Å². The van der Waals surface area contributed by atoms with Crippen LogP contribution in [0.4, 0.5) is 27.6 Å². The maximum absolute atomic E-state index is 14.6. The van der Waals surface area contributed by atoms with Crippen molar-refractivity contribution in [2.75, 3.05) is 12.4 Å². The molecule has 1 unspecified atom stereocenters. The summed E-state index contributed by atoms with van der Waals surface area (Å²) >= 11 is 0. The predicted octanol–water partition coefficient (Wildman–Crippen LogP) is 7.61. The molecule has 0 spiro atoms. The van der Waals surface area contributed by atoms with Crippen LogP contribution in [0, 0.1) is 11.6 Å². The summed E-state index contributed by atoms with van der Waals surface area (Å²) in [4.78, 5) is 0. The van der Waals surface area contributed by atoms with E-state index in [9.17, 15) is 22.0 Å². The van der Waals surface area contributed by atoms with Crippen molar-refractivity contribution in [1.82, 2.24) is 0 Å². The molecule has 0 aliphatic carbocycles. The molecular weight excluding hydrogens is 475 g/mol. The van der Waals surface area contributed by atoms with E-state index in [1.54, 1.807) is 25.1 Å². The second-order valence-corrected chi connectivity index (χ2v) is 8.30. The fourth-order valence-electron chi connectivity index (χ4n) is 3.94. The highest BCUT2D eigenvalue weighted by Gasteiger charge is 2.35. The van der Waals surface area contributed by atoms with Crippen molar-refractivity contribution in [3.05, 3.63) is 94.6 Å². The van der Waals surface area contributed by atoms with Gasteiger partial charge in [-0.25, -0.2) is 8.78 Å². The molecular formula is C28H33F5N2O. The van der Waals surface area contributed by atoms with E-state index in [4.69, 9.17) is 10.5 Å². The number of alkyl halides is 3. The van der Waals surface area contributed by atoms with Gasteiger partial charge in [0.2, 0.25) is 0 Å². The quantitative estimate of drug-likeness (QED) is 0.176. The third kappa shape index (κ3) is 7.43. The molecule has 1 atom stereocenters. The van der Waals surface area contributed by atoms with Gasteiger partial charge in [-0.1, -0.05) is 57.2 Å². The Morgan fingerprint density at radius 3 is 2.47 bits per heavy atom. The Labute approximate surface area is 209 Å². The lowest BCUT2D eigenvalue weighted by atomic mass is 9.94. The molecule has 2 aromatic rings. The first-order valence-corrected chi connectivity index (χ1v) is 11.8. The van der Waals surface area contributed by atoms with Gasteiger partial charge in [-0.3, -0.25) is 0 Å². The summed E-state index contributed by atoms with van der Waals surface area (Å²) in [6.45, 7) is 7.23. The van der Waals surface area contributed by atoms with Crippen LogP contribution in [0.15, 0.2) is 66.3 Å². The third-order valence-electron chi connectivity index (χ3n) is 5.74. The number of ether oxygens (including phenoxy) is 1. The van der Waals surface area contributed by atoms with E-state index in [0.29, 0.717) is 41.0 Å². The number of methoxy groups -OCH3 is 1. The average molecular weight is 509 g/mol. The Hall–Kier alpha value is -3.13. The Balaban J connectivity index is 2.57. The number of benzene rings is 2. The van der Waals surface area contributed by atoms with E-state index in [1.807, 2.05) is 6.92 Å². The fraction of sp³-hybridized carbons (Fsp3) is 0.357. The molecule has 0 saturated carbocycles. The minimum atomic E-state index is -4.65. The number of nitrogens with one attached hydrogen (secondary N) is 1. The SMILES string of the molecule is C=C/C(=C(\C=C/CC)C(F)(F)F)C(N)Nc1c(Cc2cc(F)cc(F)c2CCCC)cccc1OC. The van der Waals surface area contributed by atoms with Gasteiger partial charge in [0.15, 0.2) is 0 Å². The second kappa shape index (κ2) is 13.3. The summed E-state index contributed by atoms with van der Waals surface area (Å²) in [5.74, 6) is -0.996. The van der Waals surface area contributed by atoms with Crippen LogP contribution in [0.5, 0.6) is 5.75 Å². The Kier molecular flexibility index (Phi) is 10.7. The zero-order chi connectivity index (χ0) is 26.9. The van der Waals surface area contributed by atoms with Gasteiger partial charge in [-0.05, 0) is 48.1 Å². The van der Waals surface area contributed by atoms with Crippen LogP contribution < -0.4 is 15.8 Å². The van der Waals surface area contributed by atoms with E-state index in [-0.39, 0.29) is 12.0 Å². The van der Waals surface area contributed by atoms with Crippen molar-refractivity contribution in [3.63, 3.8) is 0 Å². The van der Waals surface area contributed by atoms with Gasteiger partial charge in [0.1, 0.15) is 23.5 Å². The van der Waals surface area contributed by atoms with Gasteiger partial charge < -0.3 is 15.8 Å². The lowest BCUT2D eigenvalue weighted by Crippen LogP contribution is -2.34. The number of allylic oxidation sites excluding steroid dienone is 3. The topological polar surface area (TPSA) is 47.3 Å². The lowest BCUT2D eigenvalue weighted by molar-refractivity contribution is -0.0890. The molecule has 196 valence electrons. The van der Waals surface area contributed by atoms with Crippen molar-refractivity contribution >= 4 is 5.69 Å². The summed E-state index contributed by atoms with van der Waals surface area (Å²) in [5.41, 5.74) is 6.81. The first-order valence-electron chi connectivity index (χ1n) is 11.8. The van der Waals surface area contributed by atoms with Gasteiger partial charge in [0.05, 0.1) is 18.4 Å². The van der Waals surface area contributed by atoms with Gasteiger partial charge in [-0.15, -0.1) is 0 Å². The van der Waals surface area contributed by atoms with Gasteiger partial charge in [-0.2, -0.15) is 13.2 Å². The number of unbranched alkanes of at least 4 members (excludes halogenated alkanes) is 1. The molecule has 0 aliphatic rings. The Morgan fingerprint density at radius 1 is 1.17 bits per heavy atom. The first kappa shape index (κ1) is 29.1. The van der Waals surface area contributed by atoms with Crippen LogP contribution in [0.3, 0.4) is 0 Å². The number of para-hydroxylation sites is 1. The van der Waals surface area contributed by atoms with Crippen LogP contribution >= 0.6 is 0 Å². The summed E-state index contributed by atoms with van der Waals surface area (Å²) in [6, 6.07) is 7.18. The highest BCUT2D eigenvalue weighted by Crippen LogP contribution is 2.35. The number of hydrogen-bond donors (Lipinski definition) is 2. The predicted molar refractivity (Wildman–Crippen MR) is 135 cm³/mol. The average Bonchev–Trinajstić information content (AvgIpc) is 2.81. The molecule has 3 nitrogen and oxygen atoms in total. The van der Waals surface area contributed by atoms with E-state index < -0.39 is 29.5 Å². The molecule has 3 N–H and O–H groups in total. The third-order valence-corrected chi connectivity index (χ3v) is 5.74. The van der Waals surface area contributed by atoms with Crippen molar-refractivity contribution in [2.45, 2.75) is 58.3 Å². The summed E-state index contributed by atoms with van der Waals surface area (Å²) in [7, 11) is 1.42. The van der Waals surface area contributed by atoms with E-state index >= 15 is 0 Å². The van der Waals surface area contributed by atoms with Gasteiger partial charge in [0, 0.05) is 18.1 Å². The van der Waals surface area contributed by atoms with Crippen molar-refractivity contribution < 1.29 is 26.7 Å². The van der Waals surface area contributed by atoms with Crippen LogP contribution in [-0.2, 0) is 12.8 Å². The molecule has 0 radical (unpaired) electrons. The number of halogens is 5. The standard InChI is InChI=1S/C28H33F5N2O/c1-5-8-12-22-19(16-20(29)17-24(22)30)15-18-11-10-14-25(36-4)26(18)35-27(34)21(7-3)23(13-9-6-2)28(31,32)33/h7,9-11,13-14,16-17,27,35H,3,5-6,8,12,15,34H2,1-2,4H3/b13-9-,23-21-. The van der Waals surface area contributed by atoms with Crippen LogP contribution in [0.1, 0.15) is 49.8 Å². The van der Waals surface area contributed by atoms with E-state index in [2.05, 4.69) is 11.9 Å². The van der Waals surface area contributed by atoms with Gasteiger partial charge in [0.25, 0.3) is 0 Å². The summed E-state index contributed by atoms with van der Waals surface area (Å²) in [6.07, 6.45) is 0.0336. The first-order chi connectivity index (χ1) is 17.1. The highest BCUT2D eigenvalue weighted by atomic mass is 19.4. The van der Waals surface area contributed by atoms with Crippen LogP contribution in [-0.4, -0.2) is 19.5 Å². The largest absolute Gasteiger partial charge is 0.495 e. The minimum Gasteiger partial charge on any atom is -0.495 e. The molecule has 0 fully saturated rings. The number of anilines is 1. The summed E-state index contributed by atoms with van der Waals surface area (Å²) in [5, 5.41) is 2.92. The molecule has 0 amide bonds. The minimum absolute atomic E-state index is 0.120. The zero-order valence-electron chi connectivity index (χ0n) is 20.8. The molecule has 0 saturated heterocycles. The van der Waals surface area contributed by atoms with Crippen molar-refractivity contribution in [3.8, 4) is 5.75 Å². The maximum atomic E-state index is 14.6. The summed E-state index contributed by atoms with van der Waals surface area (Å²) < 4.78 is 75.5.